The third-order valence-electron chi connectivity index (χ3n) is 11.3. The Kier molecular flexibility index (Phi) is 7.60. The smallest absolute Gasteiger partial charge is 0.210 e. The van der Waals surface area contributed by atoms with Crippen molar-refractivity contribution >= 4 is 44.3 Å². The minimum Gasteiger partial charge on any atom is -0.508 e. The molecule has 0 unspecified atom stereocenters. The molecule has 2 heterocycles. The second kappa shape index (κ2) is 11.9. The van der Waals surface area contributed by atoms with E-state index in [0.717, 1.165) is 30.6 Å². The summed E-state index contributed by atoms with van der Waals surface area (Å²) in [5, 5.41) is 19.0. The van der Waals surface area contributed by atoms with Crippen molar-refractivity contribution in [3.8, 4) is 5.75 Å². The summed E-state index contributed by atoms with van der Waals surface area (Å²) in [7, 11) is 4.40. The van der Waals surface area contributed by atoms with E-state index in [4.69, 9.17) is 0 Å². The minimum atomic E-state index is -0.151. The van der Waals surface area contributed by atoms with Crippen molar-refractivity contribution in [1.29, 1.82) is 0 Å². The van der Waals surface area contributed by atoms with Gasteiger partial charge in [0.2, 0.25) is 5.69 Å². The van der Waals surface area contributed by atoms with Gasteiger partial charge in [-0.15, -0.1) is 0 Å². The Hall–Kier alpha value is -5.35. The molecule has 0 radical (unpaired) electrons. The molecule has 0 bridgehead atoms. The van der Waals surface area contributed by atoms with E-state index in [-0.39, 0.29) is 16.6 Å². The molecule has 5 aromatic carbocycles. The van der Waals surface area contributed by atoms with Crippen molar-refractivity contribution < 1.29 is 9.68 Å². The van der Waals surface area contributed by atoms with Crippen molar-refractivity contribution in [3.63, 3.8) is 0 Å². The molecule has 2 aliphatic heterocycles. The van der Waals surface area contributed by atoms with Gasteiger partial charge in [0.05, 0.1) is 5.41 Å². The van der Waals surface area contributed by atoms with E-state index in [0.29, 0.717) is 0 Å². The fourth-order valence-corrected chi connectivity index (χ4v) is 8.85. The monoisotopic (exact) mass is 656 g/mol. The van der Waals surface area contributed by atoms with Crippen LogP contribution < -0.4 is 10.2 Å². The first-order valence-electron chi connectivity index (χ1n) is 17.8. The predicted molar refractivity (Wildman–Crippen MR) is 211 cm³/mol. The molecular weight excluding hydrogens is 611 g/mol. The standard InChI is InChI=1S/C46H45N3O/c1-45(2)40(48(5)38-26-18-30-12-7-9-16-36(30)42(38)45)28-20-32-14-11-15-33(44(32)47-34-22-24-35(50)25-23-34)21-29-41-46(3,4)43-37-17-10-8-13-31(37)19-27-39(43)49(41)6/h7-10,12-13,16-29,50H,11,14-15H2,1-6H3/p+1. The van der Waals surface area contributed by atoms with Crippen molar-refractivity contribution in [2.24, 2.45) is 0 Å². The van der Waals surface area contributed by atoms with Crippen LogP contribution >= 0.6 is 0 Å². The molecule has 0 spiro atoms. The number of phenols is 1. The van der Waals surface area contributed by atoms with Gasteiger partial charge in [-0.25, -0.2) is 0 Å². The van der Waals surface area contributed by atoms with Gasteiger partial charge < -0.3 is 15.3 Å². The second-order valence-corrected chi connectivity index (χ2v) is 15.1. The fourth-order valence-electron chi connectivity index (χ4n) is 8.85. The lowest BCUT2D eigenvalue weighted by molar-refractivity contribution is -0.401. The van der Waals surface area contributed by atoms with E-state index in [1.165, 1.54) is 66.6 Å². The van der Waals surface area contributed by atoms with E-state index in [1.54, 1.807) is 12.1 Å². The average Bonchev–Trinajstić information content (AvgIpc) is 3.44. The van der Waals surface area contributed by atoms with Crippen LogP contribution in [-0.2, 0) is 10.8 Å². The van der Waals surface area contributed by atoms with Crippen molar-refractivity contribution in [1.82, 2.24) is 0 Å². The zero-order valence-corrected chi connectivity index (χ0v) is 30.0. The highest BCUT2D eigenvalue weighted by atomic mass is 16.3. The lowest BCUT2D eigenvalue weighted by Crippen LogP contribution is -2.27. The molecule has 0 amide bonds. The summed E-state index contributed by atoms with van der Waals surface area (Å²) in [6.45, 7) is 9.41. The van der Waals surface area contributed by atoms with Crippen LogP contribution in [0.2, 0.25) is 0 Å². The number of aromatic hydroxyl groups is 1. The summed E-state index contributed by atoms with van der Waals surface area (Å²) in [5.41, 5.74) is 12.3. The molecule has 0 saturated heterocycles. The number of allylic oxidation sites excluding steroid dienone is 7. The van der Waals surface area contributed by atoms with Gasteiger partial charge in [-0.05, 0) is 114 Å². The average molecular weight is 657 g/mol. The Morgan fingerprint density at radius 1 is 0.720 bits per heavy atom. The van der Waals surface area contributed by atoms with Crippen LogP contribution in [-0.4, -0.2) is 29.5 Å². The van der Waals surface area contributed by atoms with E-state index < -0.39 is 0 Å². The summed E-state index contributed by atoms with van der Waals surface area (Å²) in [4.78, 5) is 2.37. The molecule has 0 atom stereocenters. The topological polar surface area (TPSA) is 38.5 Å². The highest BCUT2D eigenvalue weighted by Gasteiger charge is 2.44. The number of likely N-dealkylation sites (N-methyl/N-ethyl adjacent to an activating group) is 1. The van der Waals surface area contributed by atoms with E-state index >= 15 is 0 Å². The Morgan fingerprint density at radius 3 is 2.10 bits per heavy atom. The maximum absolute atomic E-state index is 10.0. The number of hydrogen-bond acceptors (Lipinski definition) is 3. The van der Waals surface area contributed by atoms with Gasteiger partial charge in [0.25, 0.3) is 0 Å². The molecule has 0 fully saturated rings. The molecule has 50 heavy (non-hydrogen) atoms. The first-order valence-corrected chi connectivity index (χ1v) is 17.8. The molecule has 2 N–H and O–H groups in total. The van der Waals surface area contributed by atoms with Gasteiger partial charge in [-0.2, -0.15) is 4.58 Å². The maximum Gasteiger partial charge on any atom is 0.210 e. The van der Waals surface area contributed by atoms with Crippen LogP contribution in [0.15, 0.2) is 144 Å². The Morgan fingerprint density at radius 2 is 1.38 bits per heavy atom. The Balaban J connectivity index is 1.21. The number of nitrogens with one attached hydrogen (secondary N) is 1. The summed E-state index contributed by atoms with van der Waals surface area (Å²) < 4.78 is 2.37. The Bertz CT molecular complexity index is 2350. The zero-order chi connectivity index (χ0) is 34.8. The molecule has 1 aliphatic carbocycles. The quantitative estimate of drug-likeness (QED) is 0.146. The molecule has 250 valence electrons. The molecule has 3 aliphatic rings. The maximum atomic E-state index is 10.0. The van der Waals surface area contributed by atoms with Gasteiger partial charge in [0.15, 0.2) is 5.71 Å². The summed E-state index contributed by atoms with van der Waals surface area (Å²) >= 11 is 0. The number of fused-ring (bicyclic) bond motifs is 6. The number of phenolic OH excluding ortho intramolecular Hbond substituents is 1. The molecular formula is C46H46N3O+. The second-order valence-electron chi connectivity index (χ2n) is 15.1. The predicted octanol–water partition coefficient (Wildman–Crippen LogP) is 11.0. The lowest BCUT2D eigenvalue weighted by atomic mass is 9.78. The van der Waals surface area contributed by atoms with Crippen LogP contribution in [0, 0.1) is 0 Å². The van der Waals surface area contributed by atoms with Crippen LogP contribution in [0.1, 0.15) is 58.1 Å². The molecule has 0 saturated carbocycles. The van der Waals surface area contributed by atoms with Gasteiger partial charge >= 0.3 is 0 Å². The van der Waals surface area contributed by atoms with Gasteiger partial charge in [-0.1, -0.05) is 80.6 Å². The van der Waals surface area contributed by atoms with Crippen LogP contribution in [0.3, 0.4) is 0 Å². The van der Waals surface area contributed by atoms with E-state index in [1.807, 2.05) is 12.1 Å². The summed E-state index contributed by atoms with van der Waals surface area (Å²) in [6, 6.07) is 33.9. The minimum absolute atomic E-state index is 0.151. The number of anilines is 2. The first-order chi connectivity index (χ1) is 24.1. The molecule has 4 nitrogen and oxygen atoms in total. The number of benzene rings is 5. The van der Waals surface area contributed by atoms with E-state index in [9.17, 15) is 5.11 Å². The van der Waals surface area contributed by atoms with Crippen molar-refractivity contribution in [2.45, 2.75) is 57.8 Å². The number of nitrogens with zero attached hydrogens (tertiary/aromatic N) is 2. The third-order valence-corrected chi connectivity index (χ3v) is 11.3. The molecule has 8 rings (SSSR count). The molecule has 0 aromatic heterocycles. The lowest BCUT2D eigenvalue weighted by Gasteiger charge is -2.26. The van der Waals surface area contributed by atoms with Crippen LogP contribution in [0.4, 0.5) is 17.1 Å². The van der Waals surface area contributed by atoms with Crippen LogP contribution in [0.25, 0.3) is 21.5 Å². The van der Waals surface area contributed by atoms with Crippen molar-refractivity contribution in [2.75, 3.05) is 24.3 Å². The summed E-state index contributed by atoms with van der Waals surface area (Å²) in [5.74, 6) is 0.266. The normalized spacial score (nSPS) is 19.8. The fraction of sp³-hybridized carbons (Fsp3) is 0.239. The van der Waals surface area contributed by atoms with Gasteiger partial charge in [0, 0.05) is 52.9 Å². The van der Waals surface area contributed by atoms with Crippen LogP contribution in [0.5, 0.6) is 5.75 Å². The third kappa shape index (κ3) is 5.08. The van der Waals surface area contributed by atoms with Gasteiger partial charge in [-0.3, -0.25) is 0 Å². The highest BCUT2D eigenvalue weighted by Crippen LogP contribution is 2.50. The van der Waals surface area contributed by atoms with Gasteiger partial charge in [0.1, 0.15) is 12.8 Å². The molecule has 4 heteroatoms. The molecule has 5 aromatic rings. The number of rotatable bonds is 5. The SMILES string of the molecule is CN1C(=CC=C2CCCC(C=CC3=[N+](C)c4ccc5ccccc5c4C3(C)C)=C2Nc2ccc(O)cc2)C(C)(C)c2c1ccc1ccccc21. The van der Waals surface area contributed by atoms with Crippen molar-refractivity contribution in [3.05, 3.63) is 155 Å². The largest absolute Gasteiger partial charge is 0.508 e. The van der Waals surface area contributed by atoms with E-state index in [2.05, 4.69) is 154 Å². The highest BCUT2D eigenvalue weighted by molar-refractivity contribution is 6.07. The number of hydrogen-bond donors (Lipinski definition) is 2. The first kappa shape index (κ1) is 31.9. The summed E-state index contributed by atoms with van der Waals surface area (Å²) in [6.07, 6.45) is 12.4. The Labute approximate surface area is 296 Å². The zero-order valence-electron chi connectivity index (χ0n) is 30.0.